The fourth-order valence-electron chi connectivity index (χ4n) is 0.834. The zero-order chi connectivity index (χ0) is 11.3. The van der Waals surface area contributed by atoms with Crippen LogP contribution in [-0.4, -0.2) is 29.3 Å². The number of hydrogen-bond acceptors (Lipinski definition) is 3. The fourth-order valence-corrected chi connectivity index (χ4v) is 1.40. The molecule has 0 unspecified atom stereocenters. The van der Waals surface area contributed by atoms with Gasteiger partial charge < -0.3 is 15.7 Å². The van der Waals surface area contributed by atoms with E-state index in [4.69, 9.17) is 5.11 Å². The van der Waals surface area contributed by atoms with Gasteiger partial charge in [-0.15, -0.1) is 0 Å². The fraction of sp³-hybridized carbons (Fsp3) is 0.250. The van der Waals surface area contributed by atoms with Crippen LogP contribution in [0.2, 0.25) is 0 Å². The lowest BCUT2D eigenvalue weighted by Gasteiger charge is -2.06. The second-order valence-corrected chi connectivity index (χ2v) is 4.21. The minimum Gasteiger partial charge on any atom is -0.395 e. The number of nitrogens with zero attached hydrogens (tertiary/aromatic N) is 1. The lowest BCUT2D eigenvalue weighted by atomic mass is 10.4. The van der Waals surface area contributed by atoms with E-state index in [2.05, 4.69) is 47.5 Å². The Hall–Kier alpha value is -0.660. The predicted molar refractivity (Wildman–Crippen MR) is 63.7 cm³/mol. The molecule has 15 heavy (non-hydrogen) atoms. The Balaban J connectivity index is 2.57. The number of amides is 2. The van der Waals surface area contributed by atoms with Crippen molar-refractivity contribution >= 4 is 43.6 Å². The number of rotatable bonds is 3. The van der Waals surface area contributed by atoms with Crippen LogP contribution < -0.4 is 10.6 Å². The number of anilines is 1. The lowest BCUT2D eigenvalue weighted by molar-refractivity contribution is 0.245. The molecule has 1 aromatic heterocycles. The molecule has 1 heterocycles. The highest BCUT2D eigenvalue weighted by Crippen LogP contribution is 2.23. The number of pyridine rings is 1. The highest BCUT2D eigenvalue weighted by atomic mass is 79.9. The van der Waals surface area contributed by atoms with Gasteiger partial charge in [-0.25, -0.2) is 9.78 Å². The molecule has 7 heteroatoms. The van der Waals surface area contributed by atoms with Gasteiger partial charge >= 0.3 is 6.03 Å². The maximum Gasteiger partial charge on any atom is 0.319 e. The van der Waals surface area contributed by atoms with Gasteiger partial charge in [0.1, 0.15) is 4.60 Å². The molecule has 0 fully saturated rings. The van der Waals surface area contributed by atoms with Crippen LogP contribution in [0.5, 0.6) is 0 Å². The summed E-state index contributed by atoms with van der Waals surface area (Å²) < 4.78 is 1.42. The maximum atomic E-state index is 11.2. The molecule has 0 radical (unpaired) electrons. The third kappa shape index (κ3) is 4.15. The topological polar surface area (TPSA) is 74.2 Å². The molecule has 3 N–H and O–H groups in total. The number of hydrogen-bond donors (Lipinski definition) is 3. The molecule has 0 aliphatic rings. The van der Waals surface area contributed by atoms with Crippen molar-refractivity contribution < 1.29 is 9.90 Å². The van der Waals surface area contributed by atoms with Crippen LogP contribution in [0, 0.1) is 0 Å². The minimum absolute atomic E-state index is 0.0876. The van der Waals surface area contributed by atoms with Gasteiger partial charge in [-0.3, -0.25) is 0 Å². The molecule has 0 aliphatic heterocycles. The van der Waals surface area contributed by atoms with Crippen LogP contribution in [-0.2, 0) is 0 Å². The first-order valence-electron chi connectivity index (χ1n) is 4.10. The number of carbonyl (C=O) groups is 1. The van der Waals surface area contributed by atoms with E-state index in [0.717, 1.165) is 4.47 Å². The van der Waals surface area contributed by atoms with Crippen LogP contribution in [0.4, 0.5) is 10.5 Å². The van der Waals surface area contributed by atoms with E-state index >= 15 is 0 Å². The van der Waals surface area contributed by atoms with Crippen molar-refractivity contribution in [1.82, 2.24) is 10.3 Å². The van der Waals surface area contributed by atoms with E-state index in [9.17, 15) is 4.79 Å². The van der Waals surface area contributed by atoms with Crippen molar-refractivity contribution in [1.29, 1.82) is 0 Å². The highest BCUT2D eigenvalue weighted by Gasteiger charge is 2.03. The van der Waals surface area contributed by atoms with Gasteiger partial charge in [-0.1, -0.05) is 0 Å². The highest BCUT2D eigenvalue weighted by molar-refractivity contribution is 9.13. The molecule has 0 aliphatic carbocycles. The Labute approximate surface area is 104 Å². The first kappa shape index (κ1) is 12.4. The Kier molecular flexibility index (Phi) is 5.00. The number of aliphatic hydroxyl groups excluding tert-OH is 1. The van der Waals surface area contributed by atoms with E-state index in [-0.39, 0.29) is 19.2 Å². The summed E-state index contributed by atoms with van der Waals surface area (Å²) in [6, 6.07) is 1.34. The van der Waals surface area contributed by atoms with Crippen LogP contribution >= 0.6 is 31.9 Å². The van der Waals surface area contributed by atoms with Gasteiger partial charge in [0.05, 0.1) is 23.0 Å². The quantitative estimate of drug-likeness (QED) is 0.735. The number of urea groups is 1. The number of aromatic nitrogens is 1. The molecule has 1 aromatic rings. The van der Waals surface area contributed by atoms with Crippen molar-refractivity contribution in [2.75, 3.05) is 18.5 Å². The number of aliphatic hydroxyl groups is 1. The van der Waals surface area contributed by atoms with Crippen LogP contribution in [0.25, 0.3) is 0 Å². The molecular weight excluding hydrogens is 330 g/mol. The summed E-state index contributed by atoms with van der Waals surface area (Å²) in [6.45, 7) is 0.132. The molecule has 0 atom stereocenters. The summed E-state index contributed by atoms with van der Waals surface area (Å²) in [5.41, 5.74) is 0.570. The lowest BCUT2D eigenvalue weighted by Crippen LogP contribution is -2.30. The molecule has 2 amide bonds. The van der Waals surface area contributed by atoms with Crippen molar-refractivity contribution in [3.8, 4) is 0 Å². The Morgan fingerprint density at radius 1 is 1.53 bits per heavy atom. The monoisotopic (exact) mass is 337 g/mol. The van der Waals surface area contributed by atoms with Gasteiger partial charge in [0.2, 0.25) is 0 Å². The van der Waals surface area contributed by atoms with Gasteiger partial charge in [0, 0.05) is 6.54 Å². The van der Waals surface area contributed by atoms with Gasteiger partial charge in [0.25, 0.3) is 0 Å². The van der Waals surface area contributed by atoms with Gasteiger partial charge in [0.15, 0.2) is 0 Å². The van der Waals surface area contributed by atoms with Crippen molar-refractivity contribution in [2.24, 2.45) is 0 Å². The van der Waals surface area contributed by atoms with Crippen molar-refractivity contribution in [3.63, 3.8) is 0 Å². The van der Waals surface area contributed by atoms with Crippen LogP contribution in [0.1, 0.15) is 0 Å². The van der Waals surface area contributed by atoms with E-state index in [1.165, 1.54) is 6.20 Å². The Morgan fingerprint density at radius 3 is 2.87 bits per heavy atom. The minimum atomic E-state index is -0.375. The average Bonchev–Trinajstić information content (AvgIpc) is 2.20. The smallest absolute Gasteiger partial charge is 0.319 e. The third-order valence-electron chi connectivity index (χ3n) is 1.45. The second-order valence-electron chi connectivity index (χ2n) is 2.60. The molecule has 0 spiro atoms. The molecular formula is C8H9Br2N3O2. The third-order valence-corrected chi connectivity index (χ3v) is 3.22. The molecule has 0 aromatic carbocycles. The molecule has 0 saturated heterocycles. The van der Waals surface area contributed by atoms with Crippen LogP contribution in [0.3, 0.4) is 0 Å². The summed E-state index contributed by atoms with van der Waals surface area (Å²) in [6.07, 6.45) is 1.52. The molecule has 82 valence electrons. The summed E-state index contributed by atoms with van der Waals surface area (Å²) in [4.78, 5) is 15.2. The summed E-state index contributed by atoms with van der Waals surface area (Å²) in [5, 5.41) is 13.5. The number of carbonyl (C=O) groups excluding carboxylic acids is 1. The largest absolute Gasteiger partial charge is 0.395 e. The van der Waals surface area contributed by atoms with E-state index in [1.54, 1.807) is 6.07 Å². The van der Waals surface area contributed by atoms with Gasteiger partial charge in [-0.05, 0) is 37.9 Å². The van der Waals surface area contributed by atoms with E-state index < -0.39 is 0 Å². The first-order valence-corrected chi connectivity index (χ1v) is 5.69. The van der Waals surface area contributed by atoms with E-state index in [1.807, 2.05) is 0 Å². The first-order chi connectivity index (χ1) is 7.13. The summed E-state index contributed by atoms with van der Waals surface area (Å²) in [7, 11) is 0. The van der Waals surface area contributed by atoms with Crippen LogP contribution in [0.15, 0.2) is 21.3 Å². The zero-order valence-electron chi connectivity index (χ0n) is 7.63. The summed E-state index contributed by atoms with van der Waals surface area (Å²) >= 11 is 6.49. The summed E-state index contributed by atoms with van der Waals surface area (Å²) in [5.74, 6) is 0. The molecule has 5 nitrogen and oxygen atoms in total. The second kappa shape index (κ2) is 6.04. The molecule has 1 rings (SSSR count). The van der Waals surface area contributed by atoms with Crippen molar-refractivity contribution in [3.05, 3.63) is 21.3 Å². The maximum absolute atomic E-state index is 11.2. The molecule has 0 bridgehead atoms. The predicted octanol–water partition coefficient (Wildman–Crippen LogP) is 1.72. The number of nitrogens with one attached hydrogen (secondary N) is 2. The van der Waals surface area contributed by atoms with Gasteiger partial charge in [-0.2, -0.15) is 0 Å². The Morgan fingerprint density at radius 2 is 2.27 bits per heavy atom. The normalized spacial score (nSPS) is 9.80. The zero-order valence-corrected chi connectivity index (χ0v) is 10.8. The SMILES string of the molecule is O=C(NCCO)Nc1cnc(Br)c(Br)c1. The van der Waals surface area contributed by atoms with E-state index in [0.29, 0.717) is 10.3 Å². The van der Waals surface area contributed by atoms with Crippen molar-refractivity contribution in [2.45, 2.75) is 0 Å². The standard InChI is InChI=1S/C8H9Br2N3O2/c9-6-3-5(4-12-7(6)10)13-8(15)11-1-2-14/h3-4,14H,1-2H2,(H2,11,13,15). The number of halogens is 2. The average molecular weight is 339 g/mol. The molecule has 0 saturated carbocycles. The Bertz CT molecular complexity index is 360.